The lowest BCUT2D eigenvalue weighted by Crippen LogP contribution is -2.47. The van der Waals surface area contributed by atoms with Crippen LogP contribution in [0.4, 0.5) is 5.69 Å². The quantitative estimate of drug-likeness (QED) is 0.617. The Bertz CT molecular complexity index is 1070. The Kier molecular flexibility index (Phi) is 4.69. The highest BCUT2D eigenvalue weighted by atomic mass is 16.3. The molecule has 0 spiro atoms. The van der Waals surface area contributed by atoms with Crippen LogP contribution in [0.2, 0.25) is 0 Å². The van der Waals surface area contributed by atoms with Gasteiger partial charge in [0, 0.05) is 18.7 Å². The second-order valence-electron chi connectivity index (χ2n) is 7.98. The van der Waals surface area contributed by atoms with Crippen LogP contribution < -0.4 is 4.90 Å². The molecule has 6 heteroatoms. The number of carbonyl (C=O) groups is 2. The number of anilines is 1. The molecule has 2 aliphatic rings. The van der Waals surface area contributed by atoms with Gasteiger partial charge >= 0.3 is 0 Å². The molecule has 30 heavy (non-hydrogen) atoms. The number of hydrogen-bond donors (Lipinski definition) is 0. The van der Waals surface area contributed by atoms with E-state index in [4.69, 9.17) is 4.42 Å². The van der Waals surface area contributed by atoms with Crippen molar-refractivity contribution in [1.29, 1.82) is 0 Å². The maximum Gasteiger partial charge on any atom is 0.247 e. The van der Waals surface area contributed by atoms with E-state index in [2.05, 4.69) is 4.57 Å². The molecule has 1 aliphatic carbocycles. The van der Waals surface area contributed by atoms with Crippen molar-refractivity contribution in [2.75, 3.05) is 11.4 Å². The zero-order chi connectivity index (χ0) is 20.7. The second kappa shape index (κ2) is 7.52. The molecule has 6 nitrogen and oxygen atoms in total. The van der Waals surface area contributed by atoms with Gasteiger partial charge in [-0.2, -0.15) is 0 Å². The van der Waals surface area contributed by atoms with Gasteiger partial charge < -0.3 is 13.9 Å². The molecular formula is C24H25N3O3. The van der Waals surface area contributed by atoms with Crippen molar-refractivity contribution in [2.45, 2.75) is 44.7 Å². The molecule has 1 aliphatic heterocycles. The number of para-hydroxylation sites is 2. The van der Waals surface area contributed by atoms with Gasteiger partial charge in [-0.3, -0.25) is 14.5 Å². The van der Waals surface area contributed by atoms with E-state index in [-0.39, 0.29) is 30.4 Å². The van der Waals surface area contributed by atoms with Crippen LogP contribution in [0.5, 0.6) is 0 Å². The smallest absolute Gasteiger partial charge is 0.247 e. The molecule has 0 radical (unpaired) electrons. The standard InChI is InChI=1S/C24H25N3O3/c1-2-7-22(28)26(17-12-13-17)16-23(29)27-19-9-4-3-8-18(19)25-14-5-10-20(25)24(27)21-11-6-15-30-21/h3-6,8-11,14-15,17,24H,2,7,12-13,16H2,1H3/t24-/m0/s1. The Morgan fingerprint density at radius 3 is 2.57 bits per heavy atom. The molecule has 0 saturated heterocycles. The van der Waals surface area contributed by atoms with Gasteiger partial charge in [-0.1, -0.05) is 19.1 Å². The van der Waals surface area contributed by atoms with Crippen molar-refractivity contribution in [1.82, 2.24) is 9.47 Å². The average molecular weight is 403 g/mol. The minimum atomic E-state index is -0.375. The Morgan fingerprint density at radius 1 is 1.07 bits per heavy atom. The number of rotatable bonds is 6. The molecule has 0 N–H and O–H groups in total. The van der Waals surface area contributed by atoms with Crippen molar-refractivity contribution in [2.24, 2.45) is 0 Å². The van der Waals surface area contributed by atoms with Crippen LogP contribution in [0.15, 0.2) is 65.4 Å². The number of hydrogen-bond acceptors (Lipinski definition) is 3. The Morgan fingerprint density at radius 2 is 1.87 bits per heavy atom. The van der Waals surface area contributed by atoms with E-state index >= 15 is 0 Å². The molecule has 5 rings (SSSR count). The third kappa shape index (κ3) is 3.12. The number of nitrogens with zero attached hydrogens (tertiary/aromatic N) is 3. The van der Waals surface area contributed by atoms with E-state index in [1.165, 1.54) is 0 Å². The van der Waals surface area contributed by atoms with E-state index in [9.17, 15) is 9.59 Å². The van der Waals surface area contributed by atoms with Crippen molar-refractivity contribution in [3.63, 3.8) is 0 Å². The van der Waals surface area contributed by atoms with Crippen LogP contribution in [0.1, 0.15) is 50.1 Å². The lowest BCUT2D eigenvalue weighted by Gasteiger charge is -2.38. The minimum Gasteiger partial charge on any atom is -0.467 e. The van der Waals surface area contributed by atoms with Crippen LogP contribution in [0.25, 0.3) is 5.69 Å². The highest BCUT2D eigenvalue weighted by Crippen LogP contribution is 2.42. The summed E-state index contributed by atoms with van der Waals surface area (Å²) in [7, 11) is 0. The summed E-state index contributed by atoms with van der Waals surface area (Å²) in [6.07, 6.45) is 6.85. The third-order valence-corrected chi connectivity index (χ3v) is 5.88. The summed E-state index contributed by atoms with van der Waals surface area (Å²) < 4.78 is 7.86. The molecule has 2 amide bonds. The lowest BCUT2D eigenvalue weighted by molar-refractivity contribution is -0.136. The monoisotopic (exact) mass is 403 g/mol. The molecule has 3 aromatic rings. The van der Waals surface area contributed by atoms with Gasteiger partial charge in [-0.05, 0) is 55.7 Å². The maximum atomic E-state index is 13.7. The summed E-state index contributed by atoms with van der Waals surface area (Å²) in [5.74, 6) is 0.680. The summed E-state index contributed by atoms with van der Waals surface area (Å²) in [6.45, 7) is 2.09. The second-order valence-corrected chi connectivity index (χ2v) is 7.98. The molecule has 1 saturated carbocycles. The maximum absolute atomic E-state index is 13.7. The number of carbonyl (C=O) groups excluding carboxylic acids is 2. The molecular weight excluding hydrogens is 378 g/mol. The number of aromatic nitrogens is 1. The summed E-state index contributed by atoms with van der Waals surface area (Å²) in [4.78, 5) is 30.0. The zero-order valence-electron chi connectivity index (χ0n) is 17.0. The van der Waals surface area contributed by atoms with Crippen molar-refractivity contribution in [3.05, 3.63) is 72.4 Å². The number of fused-ring (bicyclic) bond motifs is 3. The van der Waals surface area contributed by atoms with E-state index < -0.39 is 0 Å². The summed E-state index contributed by atoms with van der Waals surface area (Å²) in [6, 6.07) is 15.4. The van der Waals surface area contributed by atoms with Crippen LogP contribution in [0.3, 0.4) is 0 Å². The lowest BCUT2D eigenvalue weighted by atomic mass is 10.0. The number of benzene rings is 1. The first kappa shape index (κ1) is 18.7. The minimum absolute atomic E-state index is 0.0663. The van der Waals surface area contributed by atoms with Gasteiger partial charge in [0.2, 0.25) is 11.8 Å². The normalized spacial score (nSPS) is 17.4. The average Bonchev–Trinajstić information content (AvgIpc) is 3.24. The Hall–Kier alpha value is -3.28. The van der Waals surface area contributed by atoms with Crippen LogP contribution >= 0.6 is 0 Å². The first-order valence-electron chi connectivity index (χ1n) is 10.6. The highest BCUT2D eigenvalue weighted by molar-refractivity contribution is 6.00. The number of amides is 2. The fourth-order valence-electron chi connectivity index (χ4n) is 4.36. The molecule has 1 atom stereocenters. The molecule has 0 bridgehead atoms. The van der Waals surface area contributed by atoms with Gasteiger partial charge in [0.25, 0.3) is 0 Å². The van der Waals surface area contributed by atoms with Gasteiger partial charge in [-0.25, -0.2) is 0 Å². The largest absolute Gasteiger partial charge is 0.467 e. The SMILES string of the molecule is CCCC(=O)N(CC(=O)N1c2ccccc2-n2cccc2[C@H]1c1ccco1)C1CC1. The van der Waals surface area contributed by atoms with E-state index in [0.717, 1.165) is 36.3 Å². The first-order valence-corrected chi connectivity index (χ1v) is 10.6. The Labute approximate surface area is 175 Å². The molecule has 3 heterocycles. The summed E-state index contributed by atoms with van der Waals surface area (Å²) in [5, 5.41) is 0. The van der Waals surface area contributed by atoms with Gasteiger partial charge in [0.1, 0.15) is 18.3 Å². The van der Waals surface area contributed by atoms with Crippen molar-refractivity contribution in [3.8, 4) is 5.69 Å². The zero-order valence-corrected chi connectivity index (χ0v) is 17.0. The predicted octanol–water partition coefficient (Wildman–Crippen LogP) is 4.30. The predicted molar refractivity (Wildman–Crippen MR) is 113 cm³/mol. The molecule has 154 valence electrons. The molecule has 1 aromatic carbocycles. The molecule has 1 fully saturated rings. The van der Waals surface area contributed by atoms with Crippen LogP contribution in [-0.4, -0.2) is 33.9 Å². The van der Waals surface area contributed by atoms with Crippen LogP contribution in [0, 0.1) is 0 Å². The topological polar surface area (TPSA) is 58.7 Å². The first-order chi connectivity index (χ1) is 14.7. The molecule has 2 aromatic heterocycles. The Balaban J connectivity index is 1.56. The third-order valence-electron chi connectivity index (χ3n) is 5.88. The van der Waals surface area contributed by atoms with Gasteiger partial charge in [-0.15, -0.1) is 0 Å². The van der Waals surface area contributed by atoms with E-state index in [0.29, 0.717) is 12.2 Å². The van der Waals surface area contributed by atoms with Crippen molar-refractivity contribution < 1.29 is 14.0 Å². The number of furan rings is 1. The van der Waals surface area contributed by atoms with Crippen molar-refractivity contribution >= 4 is 17.5 Å². The van der Waals surface area contributed by atoms with Gasteiger partial charge in [0.15, 0.2) is 0 Å². The highest BCUT2D eigenvalue weighted by Gasteiger charge is 2.40. The molecule has 0 unspecified atom stereocenters. The van der Waals surface area contributed by atoms with Crippen LogP contribution in [-0.2, 0) is 9.59 Å². The fourth-order valence-corrected chi connectivity index (χ4v) is 4.36. The van der Waals surface area contributed by atoms with E-state index in [1.807, 2.05) is 61.7 Å². The van der Waals surface area contributed by atoms with E-state index in [1.54, 1.807) is 16.1 Å². The van der Waals surface area contributed by atoms with Gasteiger partial charge in [0.05, 0.1) is 23.3 Å². The summed E-state index contributed by atoms with van der Waals surface area (Å²) in [5.41, 5.74) is 2.74. The summed E-state index contributed by atoms with van der Waals surface area (Å²) >= 11 is 0. The fraction of sp³-hybridized carbons (Fsp3) is 0.333.